The summed E-state index contributed by atoms with van der Waals surface area (Å²) in [5, 5.41) is 0. The summed E-state index contributed by atoms with van der Waals surface area (Å²) in [6.45, 7) is 0.846. The number of hydrogen-bond acceptors (Lipinski definition) is 3. The van der Waals surface area contributed by atoms with Crippen molar-refractivity contribution in [3.05, 3.63) is 30.1 Å². The van der Waals surface area contributed by atoms with Gasteiger partial charge in [0.2, 0.25) is 11.8 Å². The van der Waals surface area contributed by atoms with Crippen molar-refractivity contribution in [3.8, 4) is 0 Å². The molecule has 3 atom stereocenters. The fourth-order valence-electron chi connectivity index (χ4n) is 3.98. The number of hydrogen-bond donors (Lipinski definition) is 0. The lowest BCUT2D eigenvalue weighted by Crippen LogP contribution is -2.39. The van der Waals surface area contributed by atoms with E-state index in [1.807, 2.05) is 36.0 Å². The Bertz CT molecular complexity index is 575. The first-order valence-electron chi connectivity index (χ1n) is 8.43. The lowest BCUT2D eigenvalue weighted by atomic mass is 9.88. The van der Waals surface area contributed by atoms with Gasteiger partial charge < -0.3 is 9.80 Å². The van der Waals surface area contributed by atoms with Crippen LogP contribution in [-0.4, -0.2) is 53.3 Å². The van der Waals surface area contributed by atoms with Crippen molar-refractivity contribution in [2.24, 2.45) is 11.8 Å². The van der Waals surface area contributed by atoms with E-state index in [-0.39, 0.29) is 17.9 Å². The molecule has 3 rings (SSSR count). The van der Waals surface area contributed by atoms with Crippen LogP contribution in [0.25, 0.3) is 0 Å². The number of likely N-dealkylation sites (tertiary alicyclic amines) is 1. The fourth-order valence-corrected chi connectivity index (χ4v) is 3.98. The average Bonchev–Trinajstić information content (AvgIpc) is 2.96. The Morgan fingerprint density at radius 2 is 2.00 bits per heavy atom. The normalized spacial score (nSPS) is 27.0. The average molecular weight is 315 g/mol. The van der Waals surface area contributed by atoms with E-state index in [1.165, 1.54) is 0 Å². The van der Waals surface area contributed by atoms with E-state index in [0.717, 1.165) is 31.4 Å². The summed E-state index contributed by atoms with van der Waals surface area (Å²) in [6, 6.07) is 4.20. The molecular formula is C18H25N3O2. The molecule has 2 fully saturated rings. The third-order valence-electron chi connectivity index (χ3n) is 5.51. The molecule has 0 aromatic carbocycles. The molecule has 1 aliphatic carbocycles. The molecule has 1 aromatic rings. The SMILES string of the molecule is CN1C[C@@H]2C[C@H](N(C)C(=O)CCc3ccncc3)C[C@@H]2CC1=O. The van der Waals surface area contributed by atoms with Gasteiger partial charge in [0, 0.05) is 51.9 Å². The van der Waals surface area contributed by atoms with Gasteiger partial charge in [-0.25, -0.2) is 0 Å². The molecule has 1 aromatic heterocycles. The van der Waals surface area contributed by atoms with E-state index < -0.39 is 0 Å². The molecular weight excluding hydrogens is 290 g/mol. The predicted octanol–water partition coefficient (Wildman–Crippen LogP) is 1.73. The van der Waals surface area contributed by atoms with Gasteiger partial charge in [0.1, 0.15) is 0 Å². The Hall–Kier alpha value is -1.91. The molecule has 0 N–H and O–H groups in total. The monoisotopic (exact) mass is 315 g/mol. The summed E-state index contributed by atoms with van der Waals surface area (Å²) in [4.78, 5) is 32.1. The van der Waals surface area contributed by atoms with E-state index in [9.17, 15) is 9.59 Å². The van der Waals surface area contributed by atoms with Crippen LogP contribution in [0.4, 0.5) is 0 Å². The van der Waals surface area contributed by atoms with Gasteiger partial charge in [-0.2, -0.15) is 0 Å². The number of piperidine rings is 1. The molecule has 0 bridgehead atoms. The molecule has 2 heterocycles. The maximum Gasteiger partial charge on any atom is 0.222 e. The summed E-state index contributed by atoms with van der Waals surface area (Å²) in [6.07, 6.45) is 7.47. The Balaban J connectivity index is 1.53. The van der Waals surface area contributed by atoms with Crippen molar-refractivity contribution < 1.29 is 9.59 Å². The van der Waals surface area contributed by atoms with E-state index in [2.05, 4.69) is 4.98 Å². The Morgan fingerprint density at radius 3 is 2.74 bits per heavy atom. The largest absolute Gasteiger partial charge is 0.345 e. The number of carbonyl (C=O) groups excluding carboxylic acids is 2. The van der Waals surface area contributed by atoms with Gasteiger partial charge in [-0.15, -0.1) is 0 Å². The number of aromatic nitrogens is 1. The van der Waals surface area contributed by atoms with Crippen LogP contribution in [-0.2, 0) is 16.0 Å². The Kier molecular flexibility index (Phi) is 4.64. The van der Waals surface area contributed by atoms with Crippen LogP contribution in [0.15, 0.2) is 24.5 Å². The van der Waals surface area contributed by atoms with Crippen LogP contribution >= 0.6 is 0 Å². The van der Waals surface area contributed by atoms with Crippen LogP contribution < -0.4 is 0 Å². The minimum atomic E-state index is 0.199. The third-order valence-corrected chi connectivity index (χ3v) is 5.51. The predicted molar refractivity (Wildman–Crippen MR) is 87.6 cm³/mol. The standard InChI is InChI=1S/C18H25N3O2/c1-20-12-15-10-16(9-14(15)11-18(20)23)21(2)17(22)4-3-13-5-7-19-8-6-13/h5-8,14-16H,3-4,9-12H2,1-2H3/t14-,15+,16-/m1/s1. The van der Waals surface area contributed by atoms with E-state index in [1.54, 1.807) is 12.4 Å². The second kappa shape index (κ2) is 6.69. The van der Waals surface area contributed by atoms with Crippen molar-refractivity contribution in [3.63, 3.8) is 0 Å². The molecule has 1 saturated heterocycles. The zero-order valence-corrected chi connectivity index (χ0v) is 13.9. The topological polar surface area (TPSA) is 53.5 Å². The van der Waals surface area contributed by atoms with Crippen LogP contribution in [0.5, 0.6) is 0 Å². The van der Waals surface area contributed by atoms with Gasteiger partial charge in [-0.05, 0) is 48.8 Å². The first-order valence-corrected chi connectivity index (χ1v) is 8.43. The van der Waals surface area contributed by atoms with Crippen molar-refractivity contribution in [1.29, 1.82) is 0 Å². The summed E-state index contributed by atoms with van der Waals surface area (Å²) in [5.74, 6) is 1.46. The number of amides is 2. The summed E-state index contributed by atoms with van der Waals surface area (Å²) < 4.78 is 0. The Labute approximate surface area is 137 Å². The van der Waals surface area contributed by atoms with Gasteiger partial charge in [0.25, 0.3) is 0 Å². The highest BCUT2D eigenvalue weighted by Gasteiger charge is 2.42. The number of rotatable bonds is 4. The van der Waals surface area contributed by atoms with Gasteiger partial charge in [-0.1, -0.05) is 0 Å². The van der Waals surface area contributed by atoms with Gasteiger partial charge >= 0.3 is 0 Å². The van der Waals surface area contributed by atoms with Crippen LogP contribution in [0, 0.1) is 11.8 Å². The molecule has 1 saturated carbocycles. The van der Waals surface area contributed by atoms with E-state index >= 15 is 0 Å². The summed E-state index contributed by atoms with van der Waals surface area (Å²) >= 11 is 0. The molecule has 0 unspecified atom stereocenters. The molecule has 5 heteroatoms. The minimum Gasteiger partial charge on any atom is -0.345 e. The first-order chi connectivity index (χ1) is 11.0. The molecule has 5 nitrogen and oxygen atoms in total. The maximum absolute atomic E-state index is 12.5. The van der Waals surface area contributed by atoms with Crippen LogP contribution in [0.3, 0.4) is 0 Å². The van der Waals surface area contributed by atoms with Crippen molar-refractivity contribution in [1.82, 2.24) is 14.8 Å². The maximum atomic E-state index is 12.5. The number of carbonyl (C=O) groups is 2. The minimum absolute atomic E-state index is 0.199. The summed E-state index contributed by atoms with van der Waals surface area (Å²) in [5.41, 5.74) is 1.15. The lowest BCUT2D eigenvalue weighted by molar-refractivity contribution is -0.135. The van der Waals surface area contributed by atoms with Gasteiger partial charge in [0.15, 0.2) is 0 Å². The Morgan fingerprint density at radius 1 is 1.30 bits per heavy atom. The molecule has 23 heavy (non-hydrogen) atoms. The molecule has 124 valence electrons. The van der Waals surface area contributed by atoms with Crippen molar-refractivity contribution >= 4 is 11.8 Å². The summed E-state index contributed by atoms with van der Waals surface area (Å²) in [7, 11) is 3.80. The van der Waals surface area contributed by atoms with Crippen molar-refractivity contribution in [2.75, 3.05) is 20.6 Å². The highest BCUT2D eigenvalue weighted by atomic mass is 16.2. The molecule has 0 radical (unpaired) electrons. The second-order valence-electron chi connectivity index (χ2n) is 6.98. The number of pyridine rings is 1. The third kappa shape index (κ3) is 3.54. The van der Waals surface area contributed by atoms with Crippen LogP contribution in [0.2, 0.25) is 0 Å². The molecule has 2 aliphatic rings. The smallest absolute Gasteiger partial charge is 0.222 e. The molecule has 2 amide bonds. The van der Waals surface area contributed by atoms with Crippen molar-refractivity contribution in [2.45, 2.75) is 38.1 Å². The highest BCUT2D eigenvalue weighted by Crippen LogP contribution is 2.40. The zero-order chi connectivity index (χ0) is 16.4. The quantitative estimate of drug-likeness (QED) is 0.850. The first kappa shape index (κ1) is 16.0. The number of aryl methyl sites for hydroxylation is 1. The zero-order valence-electron chi connectivity index (χ0n) is 13.9. The molecule has 1 aliphatic heterocycles. The van der Waals surface area contributed by atoms with Crippen LogP contribution in [0.1, 0.15) is 31.2 Å². The van der Waals surface area contributed by atoms with E-state index in [4.69, 9.17) is 0 Å². The second-order valence-corrected chi connectivity index (χ2v) is 6.98. The molecule has 0 spiro atoms. The fraction of sp³-hybridized carbons (Fsp3) is 0.611. The number of nitrogens with zero attached hydrogens (tertiary/aromatic N) is 3. The number of fused-ring (bicyclic) bond motifs is 1. The lowest BCUT2D eigenvalue weighted by Gasteiger charge is -2.31. The van der Waals surface area contributed by atoms with Gasteiger partial charge in [-0.3, -0.25) is 14.6 Å². The highest BCUT2D eigenvalue weighted by molar-refractivity contribution is 5.78. The van der Waals surface area contributed by atoms with Gasteiger partial charge in [0.05, 0.1) is 0 Å². The van der Waals surface area contributed by atoms with E-state index in [0.29, 0.717) is 24.7 Å².